The maximum Gasteiger partial charge on any atom is 0.191 e. The summed E-state index contributed by atoms with van der Waals surface area (Å²) >= 11 is 0. The monoisotopic (exact) mass is 337 g/mol. The van der Waals surface area contributed by atoms with Gasteiger partial charge in [0.25, 0.3) is 0 Å². The second kappa shape index (κ2) is 9.50. The van der Waals surface area contributed by atoms with Gasteiger partial charge in [0.05, 0.1) is 6.26 Å². The normalized spacial score (nSPS) is 10.8. The summed E-state index contributed by atoms with van der Waals surface area (Å²) in [5.74, 6) is 1.72. The van der Waals surface area contributed by atoms with Gasteiger partial charge < -0.3 is 15.1 Å². The van der Waals surface area contributed by atoms with Gasteiger partial charge in [-0.2, -0.15) is 0 Å². The first-order valence-electron chi connectivity index (χ1n) is 5.41. The Kier molecular flexibility index (Phi) is 9.07. The molecule has 1 heterocycles. The summed E-state index contributed by atoms with van der Waals surface area (Å²) < 4.78 is 5.20. The Morgan fingerprint density at radius 3 is 2.75 bits per heavy atom. The summed E-state index contributed by atoms with van der Waals surface area (Å²) in [5, 5.41) is 6.41. The topological polar surface area (TPSA) is 49.6 Å². The highest BCUT2D eigenvalue weighted by Crippen LogP contribution is 2.00. The minimum Gasteiger partial charge on any atom is -0.467 e. The molecule has 1 aromatic heterocycles. The zero-order valence-corrected chi connectivity index (χ0v) is 12.2. The van der Waals surface area contributed by atoms with Crippen molar-refractivity contribution < 1.29 is 4.42 Å². The lowest BCUT2D eigenvalue weighted by atomic mass is 10.4. The molecule has 2 N–H and O–H groups in total. The standard InChI is InChI=1S/C11H19N3O.HI/c1-3-7-13-11(12-4-2)14-9-10-6-5-8-15-10;/h5-6,8H,3-4,7,9H2,1-2H3,(H2,12,13,14);1H. The molecule has 0 spiro atoms. The van der Waals surface area contributed by atoms with Crippen LogP contribution in [0.5, 0.6) is 0 Å². The molecule has 16 heavy (non-hydrogen) atoms. The highest BCUT2D eigenvalue weighted by atomic mass is 127. The lowest BCUT2D eigenvalue weighted by Crippen LogP contribution is -2.37. The maximum atomic E-state index is 5.20. The number of halogens is 1. The minimum atomic E-state index is 0. The molecular weight excluding hydrogens is 317 g/mol. The van der Waals surface area contributed by atoms with Gasteiger partial charge in [-0.3, -0.25) is 0 Å². The molecule has 0 saturated carbocycles. The lowest BCUT2D eigenvalue weighted by Gasteiger charge is -2.09. The SMILES string of the molecule is CCCNC(=NCc1ccco1)NCC.I. The summed E-state index contributed by atoms with van der Waals surface area (Å²) in [5.41, 5.74) is 0. The van der Waals surface area contributed by atoms with Crippen molar-refractivity contribution in [3.8, 4) is 0 Å². The van der Waals surface area contributed by atoms with E-state index in [2.05, 4.69) is 29.5 Å². The van der Waals surface area contributed by atoms with Crippen LogP contribution in [0.1, 0.15) is 26.0 Å². The van der Waals surface area contributed by atoms with Crippen molar-refractivity contribution in [2.45, 2.75) is 26.8 Å². The van der Waals surface area contributed by atoms with E-state index in [4.69, 9.17) is 4.42 Å². The van der Waals surface area contributed by atoms with Crippen LogP contribution in [0.25, 0.3) is 0 Å². The molecular formula is C11H20IN3O. The molecule has 0 aliphatic heterocycles. The summed E-state index contributed by atoms with van der Waals surface area (Å²) in [6, 6.07) is 3.80. The van der Waals surface area contributed by atoms with Crippen molar-refractivity contribution in [2.24, 2.45) is 4.99 Å². The third-order valence-corrected chi connectivity index (χ3v) is 1.86. The van der Waals surface area contributed by atoms with Crippen LogP contribution in [0.2, 0.25) is 0 Å². The fourth-order valence-corrected chi connectivity index (χ4v) is 1.14. The molecule has 0 saturated heterocycles. The first-order chi connectivity index (χ1) is 7.36. The molecule has 0 aliphatic rings. The number of furan rings is 1. The van der Waals surface area contributed by atoms with Crippen molar-refractivity contribution in [1.82, 2.24) is 10.6 Å². The van der Waals surface area contributed by atoms with E-state index in [1.807, 2.05) is 12.1 Å². The van der Waals surface area contributed by atoms with Gasteiger partial charge in [0.1, 0.15) is 12.3 Å². The second-order valence-electron chi connectivity index (χ2n) is 3.20. The molecule has 0 bridgehead atoms. The number of aliphatic imine (C=N–C) groups is 1. The number of nitrogens with one attached hydrogen (secondary N) is 2. The van der Waals surface area contributed by atoms with E-state index in [0.717, 1.165) is 31.2 Å². The Balaban J connectivity index is 0.00000225. The van der Waals surface area contributed by atoms with Gasteiger partial charge in [-0.05, 0) is 25.5 Å². The third-order valence-electron chi connectivity index (χ3n) is 1.86. The third kappa shape index (κ3) is 5.99. The average molecular weight is 337 g/mol. The highest BCUT2D eigenvalue weighted by Gasteiger charge is 1.97. The molecule has 5 heteroatoms. The highest BCUT2D eigenvalue weighted by molar-refractivity contribution is 14.0. The van der Waals surface area contributed by atoms with Gasteiger partial charge in [-0.1, -0.05) is 6.92 Å². The van der Waals surface area contributed by atoms with Crippen LogP contribution in [0, 0.1) is 0 Å². The molecule has 0 fully saturated rings. The molecule has 1 rings (SSSR count). The van der Waals surface area contributed by atoms with Gasteiger partial charge in [0.2, 0.25) is 0 Å². The average Bonchev–Trinajstić information content (AvgIpc) is 2.75. The molecule has 0 amide bonds. The lowest BCUT2D eigenvalue weighted by molar-refractivity contribution is 0.512. The van der Waals surface area contributed by atoms with Crippen molar-refractivity contribution in [1.29, 1.82) is 0 Å². The summed E-state index contributed by atoms with van der Waals surface area (Å²) in [6.07, 6.45) is 2.75. The van der Waals surface area contributed by atoms with Gasteiger partial charge in [-0.15, -0.1) is 24.0 Å². The van der Waals surface area contributed by atoms with Crippen LogP contribution in [-0.2, 0) is 6.54 Å². The number of nitrogens with zero attached hydrogens (tertiary/aromatic N) is 1. The van der Waals surface area contributed by atoms with Gasteiger partial charge in [0, 0.05) is 13.1 Å². The molecule has 0 aromatic carbocycles. The Labute approximate surface area is 114 Å². The first-order valence-corrected chi connectivity index (χ1v) is 5.41. The van der Waals surface area contributed by atoms with Gasteiger partial charge in [-0.25, -0.2) is 4.99 Å². The van der Waals surface area contributed by atoms with E-state index in [1.165, 1.54) is 0 Å². The quantitative estimate of drug-likeness (QED) is 0.493. The molecule has 4 nitrogen and oxygen atoms in total. The van der Waals surface area contributed by atoms with Crippen LogP contribution in [0.3, 0.4) is 0 Å². The number of hydrogen-bond donors (Lipinski definition) is 2. The Bertz CT molecular complexity index is 285. The first kappa shape index (κ1) is 15.3. The Hall–Kier alpha value is -0.720. The van der Waals surface area contributed by atoms with E-state index >= 15 is 0 Å². The Morgan fingerprint density at radius 2 is 2.19 bits per heavy atom. The van der Waals surface area contributed by atoms with E-state index in [1.54, 1.807) is 6.26 Å². The number of hydrogen-bond acceptors (Lipinski definition) is 2. The van der Waals surface area contributed by atoms with Crippen molar-refractivity contribution in [3.63, 3.8) is 0 Å². The summed E-state index contributed by atoms with van der Waals surface area (Å²) in [4.78, 5) is 4.39. The largest absolute Gasteiger partial charge is 0.467 e. The van der Waals surface area contributed by atoms with Crippen LogP contribution in [0.4, 0.5) is 0 Å². The minimum absolute atomic E-state index is 0. The van der Waals surface area contributed by atoms with Crippen LogP contribution >= 0.6 is 24.0 Å². The summed E-state index contributed by atoms with van der Waals surface area (Å²) in [6.45, 7) is 6.56. The molecule has 1 aromatic rings. The molecule has 0 radical (unpaired) electrons. The van der Waals surface area contributed by atoms with Crippen LogP contribution in [0.15, 0.2) is 27.8 Å². The van der Waals surface area contributed by atoms with Crippen molar-refractivity contribution in [2.75, 3.05) is 13.1 Å². The zero-order chi connectivity index (χ0) is 10.9. The van der Waals surface area contributed by atoms with Gasteiger partial charge >= 0.3 is 0 Å². The second-order valence-corrected chi connectivity index (χ2v) is 3.20. The van der Waals surface area contributed by atoms with Gasteiger partial charge in [0.15, 0.2) is 5.96 Å². The van der Waals surface area contributed by atoms with E-state index in [-0.39, 0.29) is 24.0 Å². The zero-order valence-electron chi connectivity index (χ0n) is 9.82. The predicted octanol–water partition coefficient (Wildman–Crippen LogP) is 2.36. The smallest absolute Gasteiger partial charge is 0.191 e. The van der Waals surface area contributed by atoms with Crippen molar-refractivity contribution in [3.05, 3.63) is 24.2 Å². The number of guanidine groups is 1. The number of rotatable bonds is 5. The van der Waals surface area contributed by atoms with Crippen LogP contribution < -0.4 is 10.6 Å². The maximum absolute atomic E-state index is 5.20. The molecule has 0 atom stereocenters. The fraction of sp³-hybridized carbons (Fsp3) is 0.545. The van der Waals surface area contributed by atoms with Crippen LogP contribution in [-0.4, -0.2) is 19.0 Å². The van der Waals surface area contributed by atoms with E-state index in [9.17, 15) is 0 Å². The molecule has 92 valence electrons. The Morgan fingerprint density at radius 1 is 1.38 bits per heavy atom. The van der Waals surface area contributed by atoms with E-state index < -0.39 is 0 Å². The fourth-order valence-electron chi connectivity index (χ4n) is 1.14. The predicted molar refractivity (Wildman–Crippen MR) is 77.2 cm³/mol. The molecule has 0 aliphatic carbocycles. The van der Waals surface area contributed by atoms with Crippen molar-refractivity contribution >= 4 is 29.9 Å². The van der Waals surface area contributed by atoms with E-state index in [0.29, 0.717) is 6.54 Å². The molecule has 0 unspecified atom stereocenters. The summed E-state index contributed by atoms with van der Waals surface area (Å²) in [7, 11) is 0.